The van der Waals surface area contributed by atoms with Gasteiger partial charge in [0.2, 0.25) is 11.8 Å². The molecule has 1 aliphatic rings. The van der Waals surface area contributed by atoms with Crippen molar-refractivity contribution in [3.8, 4) is 0 Å². The van der Waals surface area contributed by atoms with E-state index in [9.17, 15) is 4.79 Å². The lowest BCUT2D eigenvalue weighted by Gasteiger charge is -2.17. The summed E-state index contributed by atoms with van der Waals surface area (Å²) >= 11 is 6.01. The summed E-state index contributed by atoms with van der Waals surface area (Å²) in [5.41, 5.74) is 1.81. The molecule has 1 aliphatic heterocycles. The molecule has 0 N–H and O–H groups in total. The molecule has 0 spiro atoms. The second kappa shape index (κ2) is 4.90. The predicted molar refractivity (Wildman–Crippen MR) is 74.9 cm³/mol. The maximum Gasteiger partial charge on any atom is 0.232 e. The van der Waals surface area contributed by atoms with E-state index in [1.165, 1.54) is 0 Å². The second-order valence-corrected chi connectivity index (χ2v) is 5.43. The van der Waals surface area contributed by atoms with Crippen molar-refractivity contribution in [2.24, 2.45) is 0 Å². The Bertz CT molecular complexity index is 668. The van der Waals surface area contributed by atoms with E-state index in [0.29, 0.717) is 29.7 Å². The fourth-order valence-corrected chi connectivity index (χ4v) is 2.52. The number of carbonyl (C=O) groups is 1. The Morgan fingerprint density at radius 2 is 2.20 bits per heavy atom. The number of aryl methyl sites for hydroxylation is 2. The SMILES string of the molecule is Cc1noc(C2CC(=O)N(c3ccc(Cl)c(C)c3)C2)n1. The molecule has 5 nitrogen and oxygen atoms in total. The number of benzene rings is 1. The van der Waals surface area contributed by atoms with Gasteiger partial charge < -0.3 is 9.42 Å². The number of hydrogen-bond acceptors (Lipinski definition) is 4. The fraction of sp³-hybridized carbons (Fsp3) is 0.357. The van der Waals surface area contributed by atoms with Gasteiger partial charge in [0.15, 0.2) is 5.82 Å². The van der Waals surface area contributed by atoms with E-state index in [-0.39, 0.29) is 11.8 Å². The fourth-order valence-electron chi connectivity index (χ4n) is 2.40. The highest BCUT2D eigenvalue weighted by atomic mass is 35.5. The molecule has 1 aromatic heterocycles. The second-order valence-electron chi connectivity index (χ2n) is 5.02. The molecule has 1 unspecified atom stereocenters. The van der Waals surface area contributed by atoms with Gasteiger partial charge in [-0.15, -0.1) is 0 Å². The summed E-state index contributed by atoms with van der Waals surface area (Å²) in [7, 11) is 0. The van der Waals surface area contributed by atoms with E-state index in [1.54, 1.807) is 11.8 Å². The highest BCUT2D eigenvalue weighted by molar-refractivity contribution is 6.31. The third kappa shape index (κ3) is 2.29. The summed E-state index contributed by atoms with van der Waals surface area (Å²) in [6.45, 7) is 4.25. The topological polar surface area (TPSA) is 59.2 Å². The molecule has 2 aromatic rings. The zero-order valence-corrected chi connectivity index (χ0v) is 12.0. The van der Waals surface area contributed by atoms with Crippen LogP contribution in [0.2, 0.25) is 5.02 Å². The third-order valence-electron chi connectivity index (χ3n) is 3.47. The van der Waals surface area contributed by atoms with Crippen LogP contribution in [0.4, 0.5) is 5.69 Å². The summed E-state index contributed by atoms with van der Waals surface area (Å²) < 4.78 is 5.16. The normalized spacial score (nSPS) is 18.9. The van der Waals surface area contributed by atoms with E-state index in [2.05, 4.69) is 10.1 Å². The van der Waals surface area contributed by atoms with E-state index in [4.69, 9.17) is 16.1 Å². The van der Waals surface area contributed by atoms with Crippen molar-refractivity contribution in [2.45, 2.75) is 26.2 Å². The van der Waals surface area contributed by atoms with E-state index in [0.717, 1.165) is 11.3 Å². The van der Waals surface area contributed by atoms with Crippen molar-refractivity contribution in [3.05, 3.63) is 40.5 Å². The number of aromatic nitrogens is 2. The first kappa shape index (κ1) is 13.1. The van der Waals surface area contributed by atoms with E-state index < -0.39 is 0 Å². The average molecular weight is 292 g/mol. The Labute approximate surface area is 121 Å². The Hall–Kier alpha value is -1.88. The van der Waals surface area contributed by atoms with Gasteiger partial charge in [-0.3, -0.25) is 4.79 Å². The van der Waals surface area contributed by atoms with Gasteiger partial charge in [0, 0.05) is 23.7 Å². The van der Waals surface area contributed by atoms with Crippen molar-refractivity contribution >= 4 is 23.2 Å². The van der Waals surface area contributed by atoms with E-state index >= 15 is 0 Å². The lowest BCUT2D eigenvalue weighted by atomic mass is 10.1. The molecule has 0 radical (unpaired) electrons. The number of halogens is 1. The zero-order valence-electron chi connectivity index (χ0n) is 11.3. The van der Waals surface area contributed by atoms with Crippen LogP contribution < -0.4 is 4.90 Å². The smallest absolute Gasteiger partial charge is 0.232 e. The number of nitrogens with zero attached hydrogens (tertiary/aromatic N) is 3. The summed E-state index contributed by atoms with van der Waals surface area (Å²) in [5.74, 6) is 1.14. The van der Waals surface area contributed by atoms with Crippen molar-refractivity contribution in [2.75, 3.05) is 11.4 Å². The summed E-state index contributed by atoms with van der Waals surface area (Å²) in [5, 5.41) is 4.47. The van der Waals surface area contributed by atoms with Crippen molar-refractivity contribution in [3.63, 3.8) is 0 Å². The van der Waals surface area contributed by atoms with Crippen LogP contribution in [-0.4, -0.2) is 22.6 Å². The van der Waals surface area contributed by atoms with Crippen LogP contribution in [-0.2, 0) is 4.79 Å². The van der Waals surface area contributed by atoms with Gasteiger partial charge in [-0.05, 0) is 37.6 Å². The summed E-state index contributed by atoms with van der Waals surface area (Å²) in [4.78, 5) is 18.1. The van der Waals surface area contributed by atoms with Crippen LogP contribution in [0.15, 0.2) is 22.7 Å². The molecule has 20 heavy (non-hydrogen) atoms. The van der Waals surface area contributed by atoms with Gasteiger partial charge >= 0.3 is 0 Å². The Balaban J connectivity index is 1.85. The lowest BCUT2D eigenvalue weighted by molar-refractivity contribution is -0.117. The molecule has 1 fully saturated rings. The predicted octanol–water partition coefficient (Wildman–Crippen LogP) is 2.86. The minimum absolute atomic E-state index is 0.0420. The first-order chi connectivity index (χ1) is 9.54. The van der Waals surface area contributed by atoms with Gasteiger partial charge in [0.1, 0.15) is 0 Å². The minimum Gasteiger partial charge on any atom is -0.339 e. The number of rotatable bonds is 2. The number of hydrogen-bond donors (Lipinski definition) is 0. The molecule has 1 amide bonds. The maximum atomic E-state index is 12.2. The van der Waals surface area contributed by atoms with Crippen LogP contribution in [0, 0.1) is 13.8 Å². The monoisotopic (exact) mass is 291 g/mol. The molecule has 0 bridgehead atoms. The molecular weight excluding hydrogens is 278 g/mol. The summed E-state index contributed by atoms with van der Waals surface area (Å²) in [6.07, 6.45) is 0.392. The van der Waals surface area contributed by atoms with Crippen molar-refractivity contribution < 1.29 is 9.32 Å². The van der Waals surface area contributed by atoms with Crippen LogP contribution in [0.1, 0.15) is 29.6 Å². The molecule has 0 saturated carbocycles. The largest absolute Gasteiger partial charge is 0.339 e. The van der Waals surface area contributed by atoms with Crippen LogP contribution >= 0.6 is 11.6 Å². The molecule has 3 rings (SSSR count). The number of carbonyl (C=O) groups excluding carboxylic acids is 1. The first-order valence-corrected chi connectivity index (χ1v) is 6.79. The minimum atomic E-state index is -0.0420. The molecule has 0 aliphatic carbocycles. The third-order valence-corrected chi connectivity index (χ3v) is 3.89. The molecule has 2 heterocycles. The van der Waals surface area contributed by atoms with Crippen molar-refractivity contribution in [1.29, 1.82) is 0 Å². The maximum absolute atomic E-state index is 12.2. The Morgan fingerprint density at radius 3 is 2.85 bits per heavy atom. The van der Waals surface area contributed by atoms with Crippen LogP contribution in [0.25, 0.3) is 0 Å². The molecule has 1 aromatic carbocycles. The quantitative estimate of drug-likeness (QED) is 0.853. The zero-order chi connectivity index (χ0) is 14.3. The highest BCUT2D eigenvalue weighted by Crippen LogP contribution is 2.32. The highest BCUT2D eigenvalue weighted by Gasteiger charge is 2.34. The molecular formula is C14H14ClN3O2. The Morgan fingerprint density at radius 1 is 1.40 bits per heavy atom. The number of amides is 1. The van der Waals surface area contributed by atoms with Gasteiger partial charge in [0.05, 0.1) is 5.92 Å². The van der Waals surface area contributed by atoms with Gasteiger partial charge in [-0.25, -0.2) is 0 Å². The van der Waals surface area contributed by atoms with Crippen LogP contribution in [0.5, 0.6) is 0 Å². The van der Waals surface area contributed by atoms with Gasteiger partial charge in [-0.2, -0.15) is 4.98 Å². The summed E-state index contributed by atoms with van der Waals surface area (Å²) in [6, 6.07) is 5.58. The lowest BCUT2D eigenvalue weighted by Crippen LogP contribution is -2.24. The molecule has 6 heteroatoms. The first-order valence-electron chi connectivity index (χ1n) is 6.41. The van der Waals surface area contributed by atoms with E-state index in [1.807, 2.05) is 25.1 Å². The standard InChI is InChI=1S/C14H14ClN3O2/c1-8-5-11(3-4-12(8)15)18-7-10(6-13(18)19)14-16-9(2)17-20-14/h3-5,10H,6-7H2,1-2H3. The molecule has 104 valence electrons. The average Bonchev–Trinajstić information content (AvgIpc) is 2.99. The van der Waals surface area contributed by atoms with Gasteiger partial charge in [0.25, 0.3) is 0 Å². The number of anilines is 1. The Kier molecular flexibility index (Phi) is 3.22. The van der Waals surface area contributed by atoms with Crippen LogP contribution in [0.3, 0.4) is 0 Å². The molecule has 1 atom stereocenters. The molecule has 1 saturated heterocycles. The van der Waals surface area contributed by atoms with Gasteiger partial charge in [-0.1, -0.05) is 16.8 Å². The van der Waals surface area contributed by atoms with Crippen molar-refractivity contribution in [1.82, 2.24) is 10.1 Å².